The number of hydrogen-bond acceptors (Lipinski definition) is 6. The first kappa shape index (κ1) is 18.9. The molecular weight excluding hydrogens is 340 g/mol. The molecule has 0 atom stereocenters. The molecule has 0 aromatic heterocycles. The van der Waals surface area contributed by atoms with Crippen molar-refractivity contribution in [1.82, 2.24) is 5.32 Å². The van der Waals surface area contributed by atoms with Gasteiger partial charge in [0.25, 0.3) is 11.6 Å². The van der Waals surface area contributed by atoms with Gasteiger partial charge in [0.1, 0.15) is 18.9 Å². The normalized spacial score (nSPS) is 10.1. The topological polar surface area (TPSA) is 108 Å². The van der Waals surface area contributed by atoms with Crippen molar-refractivity contribution in [2.75, 3.05) is 13.7 Å². The Morgan fingerprint density at radius 1 is 1.19 bits per heavy atom. The van der Waals surface area contributed by atoms with Crippen LogP contribution in [-0.2, 0) is 16.1 Å². The largest absolute Gasteiger partial charge is 0.496 e. The zero-order valence-electron chi connectivity index (χ0n) is 14.4. The average molecular weight is 358 g/mol. The van der Waals surface area contributed by atoms with Gasteiger partial charge >= 0.3 is 5.97 Å². The molecule has 1 amide bonds. The quantitative estimate of drug-likeness (QED) is 0.462. The van der Waals surface area contributed by atoms with Crippen LogP contribution < -0.4 is 10.1 Å². The number of carbonyl (C=O) groups excluding carboxylic acids is 2. The van der Waals surface area contributed by atoms with E-state index in [1.165, 1.54) is 25.3 Å². The van der Waals surface area contributed by atoms with Gasteiger partial charge in [-0.3, -0.25) is 19.7 Å². The molecule has 0 saturated heterocycles. The first-order chi connectivity index (χ1) is 12.4. The van der Waals surface area contributed by atoms with Crippen LogP contribution in [0.4, 0.5) is 5.69 Å². The highest BCUT2D eigenvalue weighted by Crippen LogP contribution is 2.20. The van der Waals surface area contributed by atoms with Crippen molar-refractivity contribution in [3.8, 4) is 5.75 Å². The molecule has 0 aliphatic rings. The van der Waals surface area contributed by atoms with E-state index in [0.717, 1.165) is 11.6 Å². The van der Waals surface area contributed by atoms with Crippen molar-refractivity contribution >= 4 is 17.6 Å². The van der Waals surface area contributed by atoms with Gasteiger partial charge in [0.05, 0.1) is 12.0 Å². The lowest BCUT2D eigenvalue weighted by Crippen LogP contribution is -2.30. The predicted molar refractivity (Wildman–Crippen MR) is 93.0 cm³/mol. The Bertz CT molecular complexity index is 834. The molecule has 8 nitrogen and oxygen atoms in total. The maximum atomic E-state index is 12.0. The number of nitrogens with zero attached hydrogens (tertiary/aromatic N) is 1. The first-order valence-corrected chi connectivity index (χ1v) is 7.72. The number of nitro groups is 1. The van der Waals surface area contributed by atoms with Crippen molar-refractivity contribution in [3.05, 3.63) is 69.3 Å². The van der Waals surface area contributed by atoms with E-state index in [1.54, 1.807) is 6.07 Å². The zero-order valence-corrected chi connectivity index (χ0v) is 14.4. The van der Waals surface area contributed by atoms with Crippen molar-refractivity contribution in [2.24, 2.45) is 0 Å². The van der Waals surface area contributed by atoms with E-state index in [-0.39, 0.29) is 24.4 Å². The Hall–Kier alpha value is -3.42. The lowest BCUT2D eigenvalue weighted by Gasteiger charge is -2.10. The lowest BCUT2D eigenvalue weighted by atomic mass is 10.1. The molecule has 26 heavy (non-hydrogen) atoms. The van der Waals surface area contributed by atoms with Crippen LogP contribution in [0.2, 0.25) is 0 Å². The number of esters is 1. The minimum atomic E-state index is -0.632. The van der Waals surface area contributed by atoms with Crippen LogP contribution in [0.3, 0.4) is 0 Å². The van der Waals surface area contributed by atoms with Gasteiger partial charge in [-0.15, -0.1) is 0 Å². The third-order valence-electron chi connectivity index (χ3n) is 3.54. The number of methoxy groups -OCH3 is 1. The fourth-order valence-corrected chi connectivity index (χ4v) is 2.24. The highest BCUT2D eigenvalue weighted by atomic mass is 16.6. The number of nitro benzene ring substituents is 1. The maximum Gasteiger partial charge on any atom is 0.325 e. The predicted octanol–water partition coefficient (Wildman–Crippen LogP) is 2.39. The third kappa shape index (κ3) is 5.04. The van der Waals surface area contributed by atoms with Crippen LogP contribution in [0, 0.1) is 17.0 Å². The number of benzene rings is 2. The molecule has 0 radical (unpaired) electrons. The fourth-order valence-electron chi connectivity index (χ4n) is 2.24. The molecule has 0 saturated carbocycles. The molecule has 0 spiro atoms. The van der Waals surface area contributed by atoms with Gasteiger partial charge in [-0.1, -0.05) is 17.7 Å². The van der Waals surface area contributed by atoms with Crippen molar-refractivity contribution < 1.29 is 24.0 Å². The summed E-state index contributed by atoms with van der Waals surface area (Å²) in [5, 5.41) is 13.1. The van der Waals surface area contributed by atoms with Crippen molar-refractivity contribution in [2.45, 2.75) is 13.5 Å². The van der Waals surface area contributed by atoms with E-state index in [1.807, 2.05) is 19.1 Å². The third-order valence-corrected chi connectivity index (χ3v) is 3.54. The van der Waals surface area contributed by atoms with Gasteiger partial charge in [0, 0.05) is 23.3 Å². The second-order valence-corrected chi connectivity index (χ2v) is 5.47. The Morgan fingerprint density at radius 2 is 1.96 bits per heavy atom. The van der Waals surface area contributed by atoms with Crippen molar-refractivity contribution in [3.63, 3.8) is 0 Å². The highest BCUT2D eigenvalue weighted by molar-refractivity contribution is 5.96. The summed E-state index contributed by atoms with van der Waals surface area (Å²) < 4.78 is 10.3. The van der Waals surface area contributed by atoms with E-state index in [4.69, 9.17) is 9.47 Å². The standard InChI is InChI=1S/C18H18N2O6/c1-12-6-7-16(25-2)14(8-12)11-26-17(21)10-19-18(22)13-4-3-5-15(9-13)20(23)24/h3-9H,10-11H2,1-2H3,(H,19,22). The lowest BCUT2D eigenvalue weighted by molar-refractivity contribution is -0.384. The van der Waals surface area contributed by atoms with E-state index in [2.05, 4.69) is 5.32 Å². The van der Waals surface area contributed by atoms with E-state index >= 15 is 0 Å². The molecular formula is C18H18N2O6. The maximum absolute atomic E-state index is 12.0. The van der Waals surface area contributed by atoms with Gasteiger partial charge in [-0.2, -0.15) is 0 Å². The number of amides is 1. The minimum Gasteiger partial charge on any atom is -0.496 e. The Balaban J connectivity index is 1.89. The second-order valence-electron chi connectivity index (χ2n) is 5.47. The van der Waals surface area contributed by atoms with Gasteiger partial charge in [-0.05, 0) is 25.1 Å². The zero-order chi connectivity index (χ0) is 19.1. The van der Waals surface area contributed by atoms with E-state index < -0.39 is 16.8 Å². The SMILES string of the molecule is COc1ccc(C)cc1COC(=O)CNC(=O)c1cccc([N+](=O)[O-])c1. The van der Waals surface area contributed by atoms with Gasteiger partial charge in [-0.25, -0.2) is 0 Å². The number of rotatable bonds is 7. The van der Waals surface area contributed by atoms with Crippen LogP contribution in [0.1, 0.15) is 21.5 Å². The van der Waals surface area contributed by atoms with E-state index in [0.29, 0.717) is 11.3 Å². The molecule has 0 bridgehead atoms. The van der Waals surface area contributed by atoms with Gasteiger partial charge in [0.2, 0.25) is 0 Å². The van der Waals surface area contributed by atoms with Crippen LogP contribution in [0.25, 0.3) is 0 Å². The monoisotopic (exact) mass is 358 g/mol. The van der Waals surface area contributed by atoms with Crippen LogP contribution >= 0.6 is 0 Å². The Kier molecular flexibility index (Phi) is 6.26. The second kappa shape index (κ2) is 8.61. The van der Waals surface area contributed by atoms with E-state index in [9.17, 15) is 19.7 Å². The molecule has 0 heterocycles. The summed E-state index contributed by atoms with van der Waals surface area (Å²) in [7, 11) is 1.52. The molecule has 2 aromatic rings. The molecule has 8 heteroatoms. The number of carbonyl (C=O) groups is 2. The number of ether oxygens (including phenoxy) is 2. The number of nitrogens with one attached hydrogen (secondary N) is 1. The minimum absolute atomic E-state index is 0.0103. The first-order valence-electron chi connectivity index (χ1n) is 7.72. The number of aryl methyl sites for hydroxylation is 1. The summed E-state index contributed by atoms with van der Waals surface area (Å²) >= 11 is 0. The molecule has 0 unspecified atom stereocenters. The van der Waals surface area contributed by atoms with Crippen LogP contribution in [-0.4, -0.2) is 30.5 Å². The fraction of sp³-hybridized carbons (Fsp3) is 0.222. The molecule has 0 aliphatic carbocycles. The summed E-state index contributed by atoms with van der Waals surface area (Å²) in [6.45, 7) is 1.57. The van der Waals surface area contributed by atoms with Crippen LogP contribution in [0.5, 0.6) is 5.75 Å². The van der Waals surface area contributed by atoms with Crippen molar-refractivity contribution in [1.29, 1.82) is 0 Å². The molecule has 0 aliphatic heterocycles. The Labute approximate surface area is 149 Å². The number of hydrogen-bond donors (Lipinski definition) is 1. The van der Waals surface area contributed by atoms with Crippen LogP contribution in [0.15, 0.2) is 42.5 Å². The molecule has 0 fully saturated rings. The molecule has 2 rings (SSSR count). The average Bonchev–Trinajstić information content (AvgIpc) is 2.64. The summed E-state index contributed by atoms with van der Waals surface area (Å²) in [4.78, 5) is 33.9. The summed E-state index contributed by atoms with van der Waals surface area (Å²) in [5.41, 5.74) is 1.60. The smallest absolute Gasteiger partial charge is 0.325 e. The summed E-state index contributed by atoms with van der Waals surface area (Å²) in [6.07, 6.45) is 0. The molecule has 1 N–H and O–H groups in total. The van der Waals surface area contributed by atoms with Gasteiger partial charge < -0.3 is 14.8 Å². The summed E-state index contributed by atoms with van der Waals surface area (Å²) in [6, 6.07) is 10.7. The number of non-ortho nitro benzene ring substituents is 1. The highest BCUT2D eigenvalue weighted by Gasteiger charge is 2.13. The summed E-state index contributed by atoms with van der Waals surface area (Å²) in [5.74, 6) is -0.629. The Morgan fingerprint density at radius 3 is 2.65 bits per heavy atom. The molecule has 136 valence electrons. The van der Waals surface area contributed by atoms with Gasteiger partial charge in [0.15, 0.2) is 0 Å². The molecule has 2 aromatic carbocycles.